The Morgan fingerprint density at radius 2 is 1.93 bits per heavy atom. The third-order valence-electron chi connectivity index (χ3n) is 4.96. The topological polar surface area (TPSA) is 59.5 Å². The van der Waals surface area contributed by atoms with Crippen LogP contribution in [0.3, 0.4) is 0 Å². The molecule has 7 heteroatoms. The van der Waals surface area contributed by atoms with Gasteiger partial charge in [-0.1, -0.05) is 23.7 Å². The quantitative estimate of drug-likeness (QED) is 0.717. The summed E-state index contributed by atoms with van der Waals surface area (Å²) in [5, 5.41) is 4.02. The molecular formula is C21H19ClN4O2. The zero-order valence-electron chi connectivity index (χ0n) is 15.2. The number of benzene rings is 2. The lowest BCUT2D eigenvalue weighted by Crippen LogP contribution is -2.31. The summed E-state index contributed by atoms with van der Waals surface area (Å²) in [4.78, 5) is 11.6. The van der Waals surface area contributed by atoms with Crippen LogP contribution < -0.4 is 14.8 Å². The number of nitrogens with zero attached hydrogens (tertiary/aromatic N) is 3. The minimum Gasteiger partial charge on any atom is -0.454 e. The van der Waals surface area contributed by atoms with Gasteiger partial charge in [-0.2, -0.15) is 0 Å². The fourth-order valence-corrected chi connectivity index (χ4v) is 3.65. The van der Waals surface area contributed by atoms with Crippen LogP contribution in [0.2, 0.25) is 5.02 Å². The van der Waals surface area contributed by atoms with Crippen molar-refractivity contribution in [2.24, 2.45) is 0 Å². The maximum Gasteiger partial charge on any atom is 0.231 e. The average Bonchev–Trinajstić information content (AvgIpc) is 3.18. The van der Waals surface area contributed by atoms with Gasteiger partial charge >= 0.3 is 0 Å². The summed E-state index contributed by atoms with van der Waals surface area (Å²) in [6, 6.07) is 13.7. The predicted octanol–water partition coefficient (Wildman–Crippen LogP) is 4.16. The van der Waals surface area contributed by atoms with Crippen molar-refractivity contribution in [3.8, 4) is 11.5 Å². The SMILES string of the molecule is Clc1ccc(CN2CCc3nc(Nc4ccc5c(c4)OCO5)ncc3C2)cc1. The third-order valence-corrected chi connectivity index (χ3v) is 5.21. The molecule has 0 unspecified atom stereocenters. The average molecular weight is 395 g/mol. The predicted molar refractivity (Wildman–Crippen MR) is 107 cm³/mol. The molecule has 0 radical (unpaired) electrons. The first-order valence-electron chi connectivity index (χ1n) is 9.21. The van der Waals surface area contributed by atoms with Crippen LogP contribution in [0.5, 0.6) is 11.5 Å². The molecule has 2 aliphatic rings. The summed E-state index contributed by atoms with van der Waals surface area (Å²) in [5.74, 6) is 2.10. The summed E-state index contributed by atoms with van der Waals surface area (Å²) >= 11 is 5.97. The van der Waals surface area contributed by atoms with Gasteiger partial charge in [0.25, 0.3) is 0 Å². The van der Waals surface area contributed by atoms with E-state index in [1.807, 2.05) is 36.5 Å². The summed E-state index contributed by atoms with van der Waals surface area (Å²) in [6.07, 6.45) is 2.83. The number of nitrogens with one attached hydrogen (secondary N) is 1. The second-order valence-corrected chi connectivity index (χ2v) is 7.38. The maximum absolute atomic E-state index is 5.97. The monoisotopic (exact) mass is 394 g/mol. The van der Waals surface area contributed by atoms with Gasteiger partial charge in [-0.15, -0.1) is 0 Å². The lowest BCUT2D eigenvalue weighted by molar-refractivity contribution is 0.174. The first-order valence-corrected chi connectivity index (χ1v) is 9.59. The second-order valence-electron chi connectivity index (χ2n) is 6.95. The second kappa shape index (κ2) is 7.30. The van der Waals surface area contributed by atoms with E-state index in [0.717, 1.165) is 54.0 Å². The number of aromatic nitrogens is 2. The van der Waals surface area contributed by atoms with Crippen LogP contribution in [-0.2, 0) is 19.5 Å². The van der Waals surface area contributed by atoms with E-state index in [4.69, 9.17) is 26.1 Å². The molecule has 3 heterocycles. The minimum atomic E-state index is 0.265. The molecule has 1 N–H and O–H groups in total. The molecule has 0 atom stereocenters. The van der Waals surface area contributed by atoms with Gasteiger partial charge in [-0.3, -0.25) is 4.90 Å². The lowest BCUT2D eigenvalue weighted by Gasteiger charge is -2.28. The Kier molecular flexibility index (Phi) is 4.50. The number of rotatable bonds is 4. The fourth-order valence-electron chi connectivity index (χ4n) is 3.52. The van der Waals surface area contributed by atoms with E-state index >= 15 is 0 Å². The number of fused-ring (bicyclic) bond motifs is 2. The summed E-state index contributed by atoms with van der Waals surface area (Å²) in [7, 11) is 0. The van der Waals surface area contributed by atoms with Crippen LogP contribution in [0, 0.1) is 0 Å². The first kappa shape index (κ1) is 17.3. The molecule has 1 aromatic heterocycles. The van der Waals surface area contributed by atoms with Crippen molar-refractivity contribution in [1.29, 1.82) is 0 Å². The largest absolute Gasteiger partial charge is 0.454 e. The van der Waals surface area contributed by atoms with Crippen molar-refractivity contribution in [3.05, 3.63) is 70.5 Å². The lowest BCUT2D eigenvalue weighted by atomic mass is 10.1. The van der Waals surface area contributed by atoms with Gasteiger partial charge in [0.2, 0.25) is 12.7 Å². The highest BCUT2D eigenvalue weighted by molar-refractivity contribution is 6.30. The van der Waals surface area contributed by atoms with Crippen LogP contribution in [0.1, 0.15) is 16.8 Å². The molecule has 6 nitrogen and oxygen atoms in total. The highest BCUT2D eigenvalue weighted by atomic mass is 35.5. The van der Waals surface area contributed by atoms with E-state index in [0.29, 0.717) is 5.95 Å². The zero-order chi connectivity index (χ0) is 18.9. The molecule has 0 saturated heterocycles. The van der Waals surface area contributed by atoms with Gasteiger partial charge in [0.1, 0.15) is 0 Å². The van der Waals surface area contributed by atoms with Gasteiger partial charge < -0.3 is 14.8 Å². The Bertz CT molecular complexity index is 1010. The normalized spacial score (nSPS) is 15.3. The van der Waals surface area contributed by atoms with Crippen molar-refractivity contribution < 1.29 is 9.47 Å². The van der Waals surface area contributed by atoms with E-state index < -0.39 is 0 Å². The number of hydrogen-bond acceptors (Lipinski definition) is 6. The molecule has 3 aromatic rings. The Hall–Kier alpha value is -2.83. The van der Waals surface area contributed by atoms with E-state index in [1.54, 1.807) is 0 Å². The number of halogens is 1. The molecule has 2 aromatic carbocycles. The molecule has 0 amide bonds. The third kappa shape index (κ3) is 3.61. The number of hydrogen-bond donors (Lipinski definition) is 1. The molecule has 5 rings (SSSR count). The van der Waals surface area contributed by atoms with Crippen molar-refractivity contribution in [2.75, 3.05) is 18.7 Å². The van der Waals surface area contributed by atoms with Crippen molar-refractivity contribution in [2.45, 2.75) is 19.5 Å². The molecule has 0 aliphatic carbocycles. The summed E-state index contributed by atoms with van der Waals surface area (Å²) in [5.41, 5.74) is 4.42. The Morgan fingerprint density at radius 1 is 1.07 bits per heavy atom. The number of ether oxygens (including phenoxy) is 2. The van der Waals surface area contributed by atoms with Crippen LogP contribution in [0.15, 0.2) is 48.7 Å². The molecule has 0 bridgehead atoms. The Morgan fingerprint density at radius 3 is 2.82 bits per heavy atom. The molecular weight excluding hydrogens is 376 g/mol. The Balaban J connectivity index is 1.27. The van der Waals surface area contributed by atoms with Crippen molar-refractivity contribution in [1.82, 2.24) is 14.9 Å². The summed E-state index contributed by atoms with van der Waals surface area (Å²) < 4.78 is 10.8. The smallest absolute Gasteiger partial charge is 0.231 e. The van der Waals surface area contributed by atoms with Gasteiger partial charge in [0.15, 0.2) is 11.5 Å². The Labute approximate surface area is 168 Å². The van der Waals surface area contributed by atoms with Gasteiger partial charge in [0.05, 0.1) is 5.69 Å². The highest BCUT2D eigenvalue weighted by Crippen LogP contribution is 2.34. The van der Waals surface area contributed by atoms with E-state index in [-0.39, 0.29) is 6.79 Å². The molecule has 0 saturated carbocycles. The molecule has 0 fully saturated rings. The highest BCUT2D eigenvalue weighted by Gasteiger charge is 2.19. The zero-order valence-corrected chi connectivity index (χ0v) is 15.9. The van der Waals surface area contributed by atoms with E-state index in [2.05, 4.69) is 27.3 Å². The van der Waals surface area contributed by atoms with Crippen LogP contribution in [0.4, 0.5) is 11.6 Å². The van der Waals surface area contributed by atoms with Gasteiger partial charge in [0, 0.05) is 54.6 Å². The van der Waals surface area contributed by atoms with E-state index in [1.165, 1.54) is 11.1 Å². The summed E-state index contributed by atoms with van der Waals surface area (Å²) in [6.45, 7) is 2.98. The number of anilines is 2. The van der Waals surface area contributed by atoms with Gasteiger partial charge in [-0.05, 0) is 29.8 Å². The fraction of sp³-hybridized carbons (Fsp3) is 0.238. The van der Waals surface area contributed by atoms with Crippen LogP contribution in [0.25, 0.3) is 0 Å². The van der Waals surface area contributed by atoms with Crippen LogP contribution in [-0.4, -0.2) is 28.2 Å². The first-order chi connectivity index (χ1) is 13.7. The van der Waals surface area contributed by atoms with Gasteiger partial charge in [-0.25, -0.2) is 9.97 Å². The maximum atomic E-state index is 5.97. The molecule has 28 heavy (non-hydrogen) atoms. The van der Waals surface area contributed by atoms with Crippen LogP contribution >= 0.6 is 11.6 Å². The van der Waals surface area contributed by atoms with Crippen molar-refractivity contribution in [3.63, 3.8) is 0 Å². The molecule has 2 aliphatic heterocycles. The minimum absolute atomic E-state index is 0.265. The molecule has 0 spiro atoms. The molecule has 142 valence electrons. The standard InChI is InChI=1S/C21H19ClN4O2/c22-16-3-1-14(2-4-16)11-26-8-7-18-15(12-26)10-23-21(25-18)24-17-5-6-19-20(9-17)28-13-27-19/h1-6,9-10H,7-8,11-13H2,(H,23,24,25). The van der Waals surface area contributed by atoms with E-state index in [9.17, 15) is 0 Å². The van der Waals surface area contributed by atoms with Crippen molar-refractivity contribution >= 4 is 23.2 Å².